The van der Waals surface area contributed by atoms with Crippen LogP contribution in [-0.2, 0) is 32.2 Å². The van der Waals surface area contributed by atoms with Gasteiger partial charge in [0.2, 0.25) is 0 Å². The third-order valence-electron chi connectivity index (χ3n) is 8.51. The number of carbonyl (C=O) groups is 1. The van der Waals surface area contributed by atoms with E-state index in [9.17, 15) is 14.4 Å². The molecule has 10 nitrogen and oxygen atoms in total. The van der Waals surface area contributed by atoms with E-state index in [0.717, 1.165) is 11.1 Å². The predicted molar refractivity (Wildman–Crippen MR) is 167 cm³/mol. The molecule has 1 saturated heterocycles. The quantitative estimate of drug-likeness (QED) is 0.249. The highest BCUT2D eigenvalue weighted by atomic mass is 16.6. The SMILES string of the molecule is Cc1cn([C@@H]2O[C@@]3(COCc4ccccc4)CC[C@@H](NC(=O)COc4ccccc4)[C@@H]2[C@@H]3OCc2ccccc2)c(=O)[nH]c1=O. The summed E-state index contributed by atoms with van der Waals surface area (Å²) in [5, 5.41) is 3.14. The highest BCUT2D eigenvalue weighted by molar-refractivity contribution is 5.78. The molecule has 0 unspecified atom stereocenters. The number of aromatic amines is 1. The molecule has 2 aliphatic rings. The van der Waals surface area contributed by atoms with E-state index < -0.39 is 41.1 Å². The molecule has 3 aromatic carbocycles. The maximum absolute atomic E-state index is 13.2. The summed E-state index contributed by atoms with van der Waals surface area (Å²) >= 11 is 0. The highest BCUT2D eigenvalue weighted by Gasteiger charge is 2.62. The number of aromatic nitrogens is 2. The van der Waals surface area contributed by atoms with Crippen LogP contribution in [0.3, 0.4) is 0 Å². The smallest absolute Gasteiger partial charge is 0.330 e. The summed E-state index contributed by atoms with van der Waals surface area (Å²) in [6, 6.07) is 28.4. The number of benzene rings is 3. The van der Waals surface area contributed by atoms with Crippen LogP contribution >= 0.6 is 0 Å². The van der Waals surface area contributed by atoms with Gasteiger partial charge in [0, 0.05) is 17.8 Å². The minimum atomic E-state index is -0.913. The van der Waals surface area contributed by atoms with Gasteiger partial charge in [-0.3, -0.25) is 19.1 Å². The van der Waals surface area contributed by atoms with Crippen LogP contribution in [-0.4, -0.2) is 46.4 Å². The largest absolute Gasteiger partial charge is 0.484 e. The maximum Gasteiger partial charge on any atom is 0.330 e. The monoisotopic (exact) mass is 611 g/mol. The standard InChI is InChI=1S/C35H37N3O7/c1-24-19-38(34(41)37-32(24)40)33-30-28(36-29(39)22-43-27-15-9-4-10-16-27)17-18-35(45-33,23-42-20-25-11-5-2-6-12-25)31(30)44-21-26-13-7-3-8-14-26/h2-16,19,28,30-31,33H,17-18,20-23H2,1H3,(H,36,39)(H,37,40,41)/t28-,30-,31+,33-,35-/m1/s1. The summed E-state index contributed by atoms with van der Waals surface area (Å²) in [6.07, 6.45) is 1.20. The Kier molecular flexibility index (Phi) is 9.25. The second-order valence-electron chi connectivity index (χ2n) is 11.6. The first kappa shape index (κ1) is 30.5. The van der Waals surface area contributed by atoms with Gasteiger partial charge in [-0.2, -0.15) is 0 Å². The molecule has 2 N–H and O–H groups in total. The zero-order valence-electron chi connectivity index (χ0n) is 25.1. The fourth-order valence-corrected chi connectivity index (χ4v) is 6.32. The molecule has 1 aromatic heterocycles. The number of nitrogens with zero attached hydrogens (tertiary/aromatic N) is 1. The molecular weight excluding hydrogens is 574 g/mol. The van der Waals surface area contributed by atoms with Crippen molar-refractivity contribution < 1.29 is 23.7 Å². The van der Waals surface area contributed by atoms with Crippen molar-refractivity contribution in [3.63, 3.8) is 0 Å². The highest BCUT2D eigenvalue weighted by Crippen LogP contribution is 2.52. The Bertz CT molecular complexity index is 1690. The van der Waals surface area contributed by atoms with E-state index in [2.05, 4.69) is 10.3 Å². The van der Waals surface area contributed by atoms with Gasteiger partial charge in [0.15, 0.2) is 6.61 Å². The number of hydrogen-bond donors (Lipinski definition) is 2. The lowest BCUT2D eigenvalue weighted by molar-refractivity contribution is -0.164. The van der Waals surface area contributed by atoms with Gasteiger partial charge in [0.1, 0.15) is 17.6 Å². The van der Waals surface area contributed by atoms with E-state index in [4.69, 9.17) is 18.9 Å². The molecule has 2 bridgehead atoms. The van der Waals surface area contributed by atoms with E-state index >= 15 is 0 Å². The van der Waals surface area contributed by atoms with Crippen molar-refractivity contribution in [3.8, 4) is 5.75 Å². The first-order valence-electron chi connectivity index (χ1n) is 15.2. The number of H-pyrrole nitrogens is 1. The van der Waals surface area contributed by atoms with Crippen LogP contribution in [0.4, 0.5) is 0 Å². The van der Waals surface area contributed by atoms with E-state index in [1.54, 1.807) is 19.1 Å². The molecule has 2 fully saturated rings. The molecular formula is C35H37N3O7. The van der Waals surface area contributed by atoms with E-state index in [-0.39, 0.29) is 19.1 Å². The van der Waals surface area contributed by atoms with Crippen molar-refractivity contribution in [3.05, 3.63) is 135 Å². The average Bonchev–Trinajstić information content (AvgIpc) is 3.28. The Morgan fingerprint density at radius 2 is 1.60 bits per heavy atom. The van der Waals surface area contributed by atoms with E-state index in [0.29, 0.717) is 37.4 Å². The summed E-state index contributed by atoms with van der Waals surface area (Å²) in [7, 11) is 0. The molecule has 1 saturated carbocycles. The number of amides is 1. The molecule has 1 amide bonds. The summed E-state index contributed by atoms with van der Waals surface area (Å²) in [5.41, 5.74) is 0.402. The Balaban J connectivity index is 1.31. The van der Waals surface area contributed by atoms with Crippen molar-refractivity contribution >= 4 is 5.91 Å². The van der Waals surface area contributed by atoms with E-state index in [1.165, 1.54) is 10.8 Å². The first-order chi connectivity index (χ1) is 21.9. The van der Waals surface area contributed by atoms with Gasteiger partial charge in [0.05, 0.1) is 31.8 Å². The molecule has 2 heterocycles. The molecule has 5 atom stereocenters. The van der Waals surface area contributed by atoms with Gasteiger partial charge >= 0.3 is 5.69 Å². The van der Waals surface area contributed by atoms with Gasteiger partial charge in [-0.05, 0) is 43.0 Å². The fourth-order valence-electron chi connectivity index (χ4n) is 6.32. The molecule has 6 rings (SSSR count). The Labute approximate surface area is 260 Å². The second kappa shape index (κ2) is 13.6. The van der Waals surface area contributed by atoms with Crippen LogP contribution in [0, 0.1) is 12.8 Å². The van der Waals surface area contributed by atoms with Crippen molar-refractivity contribution in [2.75, 3.05) is 13.2 Å². The number of rotatable bonds is 12. The molecule has 45 heavy (non-hydrogen) atoms. The number of nitrogens with one attached hydrogen (secondary N) is 2. The summed E-state index contributed by atoms with van der Waals surface area (Å²) in [5.74, 6) is -0.187. The van der Waals surface area contributed by atoms with Gasteiger partial charge in [-0.25, -0.2) is 4.79 Å². The molecule has 1 aliphatic carbocycles. The predicted octanol–water partition coefficient (Wildman–Crippen LogP) is 3.89. The lowest BCUT2D eigenvalue weighted by Crippen LogP contribution is -2.57. The normalized spacial score (nSPS) is 23.8. The van der Waals surface area contributed by atoms with Crippen LogP contribution < -0.4 is 21.3 Å². The minimum absolute atomic E-state index is 0.169. The molecule has 0 spiro atoms. The van der Waals surface area contributed by atoms with Gasteiger partial charge in [0.25, 0.3) is 11.5 Å². The zero-order chi connectivity index (χ0) is 31.2. The number of para-hydroxylation sites is 1. The number of ether oxygens (including phenoxy) is 4. The van der Waals surface area contributed by atoms with Crippen LogP contribution in [0.2, 0.25) is 0 Å². The van der Waals surface area contributed by atoms with Crippen molar-refractivity contribution in [2.24, 2.45) is 5.92 Å². The van der Waals surface area contributed by atoms with E-state index in [1.807, 2.05) is 78.9 Å². The first-order valence-corrected chi connectivity index (χ1v) is 15.2. The van der Waals surface area contributed by atoms with Crippen LogP contribution in [0.5, 0.6) is 5.75 Å². The minimum Gasteiger partial charge on any atom is -0.484 e. The maximum atomic E-state index is 13.2. The van der Waals surface area contributed by atoms with Crippen molar-refractivity contribution in [1.29, 1.82) is 0 Å². The van der Waals surface area contributed by atoms with Crippen molar-refractivity contribution in [1.82, 2.24) is 14.9 Å². The molecule has 4 aromatic rings. The third-order valence-corrected chi connectivity index (χ3v) is 8.51. The van der Waals surface area contributed by atoms with Gasteiger partial charge < -0.3 is 24.3 Å². The van der Waals surface area contributed by atoms with Gasteiger partial charge in [-0.15, -0.1) is 0 Å². The molecule has 234 valence electrons. The number of aryl methyl sites for hydroxylation is 1. The number of fused-ring (bicyclic) bond motifs is 2. The Morgan fingerprint density at radius 3 is 2.29 bits per heavy atom. The fraction of sp³-hybridized carbons (Fsp3) is 0.343. The van der Waals surface area contributed by atoms with Crippen LogP contribution in [0.25, 0.3) is 0 Å². The Morgan fingerprint density at radius 1 is 0.956 bits per heavy atom. The van der Waals surface area contributed by atoms with Crippen LogP contribution in [0.15, 0.2) is 107 Å². The molecule has 10 heteroatoms. The lowest BCUT2D eigenvalue weighted by Gasteiger charge is -2.42. The lowest BCUT2D eigenvalue weighted by atomic mass is 9.74. The topological polar surface area (TPSA) is 121 Å². The zero-order valence-corrected chi connectivity index (χ0v) is 25.1. The summed E-state index contributed by atoms with van der Waals surface area (Å²) in [6.45, 7) is 2.36. The average molecular weight is 612 g/mol. The van der Waals surface area contributed by atoms with Gasteiger partial charge in [-0.1, -0.05) is 78.9 Å². The number of hydrogen-bond acceptors (Lipinski definition) is 7. The molecule has 0 radical (unpaired) electrons. The van der Waals surface area contributed by atoms with Crippen molar-refractivity contribution in [2.45, 2.75) is 57.0 Å². The third kappa shape index (κ3) is 6.93. The van der Waals surface area contributed by atoms with Crippen LogP contribution in [0.1, 0.15) is 35.8 Å². The second-order valence-corrected chi connectivity index (χ2v) is 11.6. The summed E-state index contributed by atoms with van der Waals surface area (Å²) < 4.78 is 26.9. The molecule has 1 aliphatic heterocycles. The Hall–Kier alpha value is -4.51. The number of carbonyl (C=O) groups excluding carboxylic acids is 1. The summed E-state index contributed by atoms with van der Waals surface area (Å²) in [4.78, 5) is 41.1.